The molecule has 27 heavy (non-hydrogen) atoms. The Bertz CT molecular complexity index is 961. The van der Waals surface area contributed by atoms with Crippen LogP contribution < -0.4 is 9.46 Å². The number of hydrogen-bond donors (Lipinski definition) is 1. The maximum atomic E-state index is 12.7. The Hall–Kier alpha value is -2.50. The van der Waals surface area contributed by atoms with Crippen LogP contribution in [-0.2, 0) is 10.0 Å². The van der Waals surface area contributed by atoms with Gasteiger partial charge in [-0.25, -0.2) is 23.1 Å². The number of ether oxygens (including phenoxy) is 1. The maximum absolute atomic E-state index is 12.7. The quantitative estimate of drug-likeness (QED) is 0.847. The zero-order chi connectivity index (χ0) is 19.4. The van der Waals surface area contributed by atoms with Crippen molar-refractivity contribution in [2.45, 2.75) is 56.6 Å². The summed E-state index contributed by atoms with van der Waals surface area (Å²) < 4.78 is 34.0. The SMILES string of the molecule is Cc1ccc(S(=O)(=O)NC2CCC(Oc3nccnc3C#N)CC2)c(C)c1. The Morgan fingerprint density at radius 3 is 2.52 bits per heavy atom. The molecule has 1 saturated carbocycles. The molecule has 0 saturated heterocycles. The van der Waals surface area contributed by atoms with E-state index >= 15 is 0 Å². The summed E-state index contributed by atoms with van der Waals surface area (Å²) in [6, 6.07) is 7.16. The second kappa shape index (κ2) is 8.03. The van der Waals surface area contributed by atoms with E-state index in [9.17, 15) is 8.42 Å². The summed E-state index contributed by atoms with van der Waals surface area (Å²) in [5, 5.41) is 9.06. The van der Waals surface area contributed by atoms with Crippen LogP contribution in [-0.4, -0.2) is 30.5 Å². The van der Waals surface area contributed by atoms with Gasteiger partial charge >= 0.3 is 0 Å². The topological polar surface area (TPSA) is 105 Å². The van der Waals surface area contributed by atoms with E-state index in [4.69, 9.17) is 10.00 Å². The number of nitrogens with one attached hydrogen (secondary N) is 1. The summed E-state index contributed by atoms with van der Waals surface area (Å²) in [7, 11) is -3.55. The second-order valence-corrected chi connectivity index (χ2v) is 8.49. The average Bonchev–Trinajstić information content (AvgIpc) is 2.63. The van der Waals surface area contributed by atoms with Crippen molar-refractivity contribution in [2.24, 2.45) is 0 Å². The summed E-state index contributed by atoms with van der Waals surface area (Å²) in [4.78, 5) is 8.32. The Morgan fingerprint density at radius 1 is 1.15 bits per heavy atom. The van der Waals surface area contributed by atoms with Crippen LogP contribution >= 0.6 is 0 Å². The minimum absolute atomic E-state index is 0.101. The highest BCUT2D eigenvalue weighted by Crippen LogP contribution is 2.25. The molecule has 0 bridgehead atoms. The van der Waals surface area contributed by atoms with Gasteiger partial charge in [0.05, 0.1) is 4.90 Å². The van der Waals surface area contributed by atoms with Crippen LogP contribution in [0.25, 0.3) is 0 Å². The molecule has 8 heteroatoms. The van der Waals surface area contributed by atoms with Gasteiger partial charge in [0.25, 0.3) is 5.88 Å². The zero-order valence-corrected chi connectivity index (χ0v) is 16.2. The van der Waals surface area contributed by atoms with Gasteiger partial charge in [-0.15, -0.1) is 0 Å². The minimum Gasteiger partial charge on any atom is -0.472 e. The van der Waals surface area contributed by atoms with Crippen LogP contribution in [0.1, 0.15) is 42.5 Å². The molecule has 0 amide bonds. The van der Waals surface area contributed by atoms with Crippen LogP contribution in [0.2, 0.25) is 0 Å². The van der Waals surface area contributed by atoms with Gasteiger partial charge in [-0.2, -0.15) is 5.26 Å². The second-order valence-electron chi connectivity index (χ2n) is 6.80. The van der Waals surface area contributed by atoms with Gasteiger partial charge in [-0.05, 0) is 51.2 Å². The van der Waals surface area contributed by atoms with Crippen LogP contribution in [0, 0.1) is 25.2 Å². The predicted molar refractivity (Wildman–Crippen MR) is 99.7 cm³/mol. The summed E-state index contributed by atoms with van der Waals surface area (Å²) >= 11 is 0. The molecule has 142 valence electrons. The van der Waals surface area contributed by atoms with E-state index in [1.54, 1.807) is 19.1 Å². The number of nitrogens with zero attached hydrogens (tertiary/aromatic N) is 3. The van der Waals surface area contributed by atoms with Crippen molar-refractivity contribution in [1.82, 2.24) is 14.7 Å². The van der Waals surface area contributed by atoms with Crippen LogP contribution in [0.4, 0.5) is 0 Å². The normalized spacial score (nSPS) is 20.0. The Balaban J connectivity index is 1.60. The maximum Gasteiger partial charge on any atom is 0.251 e. The molecule has 2 aromatic rings. The Kier molecular flexibility index (Phi) is 5.73. The standard InChI is InChI=1S/C19H22N4O3S/c1-13-3-8-18(14(2)11-13)27(24,25)23-15-4-6-16(7-5-15)26-19-17(12-20)21-9-10-22-19/h3,8-11,15-16,23H,4-7H2,1-2H3. The van der Waals surface area contributed by atoms with Crippen LogP contribution in [0.15, 0.2) is 35.5 Å². The van der Waals surface area contributed by atoms with Gasteiger partial charge in [0, 0.05) is 18.4 Å². The fourth-order valence-electron chi connectivity index (χ4n) is 3.33. The first-order valence-corrected chi connectivity index (χ1v) is 10.3. The van der Waals surface area contributed by atoms with E-state index in [1.165, 1.54) is 12.4 Å². The minimum atomic E-state index is -3.55. The first-order valence-electron chi connectivity index (χ1n) is 8.86. The van der Waals surface area contributed by atoms with E-state index in [1.807, 2.05) is 19.1 Å². The molecule has 0 aliphatic heterocycles. The largest absolute Gasteiger partial charge is 0.472 e. The molecular formula is C19H22N4O3S. The monoisotopic (exact) mass is 386 g/mol. The van der Waals surface area contributed by atoms with Crippen LogP contribution in [0.5, 0.6) is 5.88 Å². The summed E-state index contributed by atoms with van der Waals surface area (Å²) in [5.41, 5.74) is 1.94. The lowest BCUT2D eigenvalue weighted by Crippen LogP contribution is -2.40. The number of rotatable bonds is 5. The van der Waals surface area contributed by atoms with Crippen molar-refractivity contribution in [3.63, 3.8) is 0 Å². The highest BCUT2D eigenvalue weighted by Gasteiger charge is 2.28. The van der Waals surface area contributed by atoms with E-state index < -0.39 is 10.0 Å². The zero-order valence-electron chi connectivity index (χ0n) is 15.3. The molecule has 0 unspecified atom stereocenters. The van der Waals surface area contributed by atoms with E-state index in [-0.39, 0.29) is 23.7 Å². The third kappa shape index (κ3) is 4.62. The van der Waals surface area contributed by atoms with Gasteiger partial charge < -0.3 is 4.74 Å². The van der Waals surface area contributed by atoms with Crippen molar-refractivity contribution < 1.29 is 13.2 Å². The number of benzene rings is 1. The number of aromatic nitrogens is 2. The van der Waals surface area contributed by atoms with E-state index in [2.05, 4.69) is 14.7 Å². The van der Waals surface area contributed by atoms with Gasteiger partial charge in [0.2, 0.25) is 15.7 Å². The summed E-state index contributed by atoms with van der Waals surface area (Å²) in [6.45, 7) is 3.74. The number of nitriles is 1. The first kappa shape index (κ1) is 19.3. The molecule has 1 heterocycles. The predicted octanol–water partition coefficient (Wildman–Crippen LogP) is 2.63. The first-order chi connectivity index (χ1) is 12.9. The molecule has 1 aromatic heterocycles. The lowest BCUT2D eigenvalue weighted by Gasteiger charge is -2.29. The molecule has 0 radical (unpaired) electrons. The van der Waals surface area contributed by atoms with Crippen molar-refractivity contribution >= 4 is 10.0 Å². The third-order valence-electron chi connectivity index (χ3n) is 4.66. The lowest BCUT2D eigenvalue weighted by molar-refractivity contribution is 0.137. The number of sulfonamides is 1. The number of hydrogen-bond acceptors (Lipinski definition) is 6. The molecule has 1 aliphatic carbocycles. The number of aryl methyl sites for hydroxylation is 2. The van der Waals surface area contributed by atoms with Gasteiger partial charge in [-0.1, -0.05) is 17.7 Å². The van der Waals surface area contributed by atoms with Crippen molar-refractivity contribution in [1.29, 1.82) is 5.26 Å². The van der Waals surface area contributed by atoms with Gasteiger partial charge in [0.1, 0.15) is 12.2 Å². The van der Waals surface area contributed by atoms with Crippen molar-refractivity contribution in [3.8, 4) is 11.9 Å². The third-order valence-corrected chi connectivity index (χ3v) is 6.35. The van der Waals surface area contributed by atoms with E-state index in [0.717, 1.165) is 11.1 Å². The lowest BCUT2D eigenvalue weighted by atomic mass is 9.94. The summed E-state index contributed by atoms with van der Waals surface area (Å²) in [5.74, 6) is 0.235. The van der Waals surface area contributed by atoms with Gasteiger partial charge in [-0.3, -0.25) is 0 Å². The molecule has 1 fully saturated rings. The molecule has 1 aliphatic rings. The highest BCUT2D eigenvalue weighted by atomic mass is 32.2. The molecule has 1 aromatic carbocycles. The Morgan fingerprint density at radius 2 is 1.85 bits per heavy atom. The average molecular weight is 386 g/mol. The Labute approximate surface area is 159 Å². The fraction of sp³-hybridized carbons (Fsp3) is 0.421. The smallest absolute Gasteiger partial charge is 0.251 e. The van der Waals surface area contributed by atoms with Gasteiger partial charge in [0.15, 0.2) is 0 Å². The summed E-state index contributed by atoms with van der Waals surface area (Å²) in [6.07, 6.45) is 5.52. The molecule has 7 nitrogen and oxygen atoms in total. The molecule has 3 rings (SSSR count). The molecule has 0 atom stereocenters. The molecular weight excluding hydrogens is 364 g/mol. The highest BCUT2D eigenvalue weighted by molar-refractivity contribution is 7.89. The molecule has 0 spiro atoms. The van der Waals surface area contributed by atoms with Crippen molar-refractivity contribution in [2.75, 3.05) is 0 Å². The van der Waals surface area contributed by atoms with Crippen LogP contribution in [0.3, 0.4) is 0 Å². The van der Waals surface area contributed by atoms with Crippen molar-refractivity contribution in [3.05, 3.63) is 47.4 Å². The molecule has 1 N–H and O–H groups in total. The fourth-order valence-corrected chi connectivity index (χ4v) is 4.86. The van der Waals surface area contributed by atoms with E-state index in [0.29, 0.717) is 30.6 Å².